The molecule has 0 spiro atoms. The van der Waals surface area contributed by atoms with Crippen LogP contribution in [0.15, 0.2) is 55.3 Å². The predicted molar refractivity (Wildman–Crippen MR) is 92.6 cm³/mol. The van der Waals surface area contributed by atoms with Crippen LogP contribution in [0.4, 0.5) is 0 Å². The summed E-state index contributed by atoms with van der Waals surface area (Å²) in [5, 5.41) is 0.936. The van der Waals surface area contributed by atoms with E-state index in [-0.39, 0.29) is 5.91 Å². The fourth-order valence-corrected chi connectivity index (χ4v) is 3.52. The summed E-state index contributed by atoms with van der Waals surface area (Å²) in [6.45, 7) is 4.77. The lowest BCUT2D eigenvalue weighted by molar-refractivity contribution is 0.0766. The van der Waals surface area contributed by atoms with Gasteiger partial charge in [0.2, 0.25) is 0 Å². The zero-order valence-electron chi connectivity index (χ0n) is 11.9. The third-order valence-corrected chi connectivity index (χ3v) is 4.65. The molecule has 1 N–H and O–H groups in total. The standard InChI is InChI=1S/C17H15ClN2OS/c1-2-9-20(11-12-7-8-16(18)22-12)17(21)14-10-19-15-6-4-3-5-13(14)15/h2-8,10,19H,1,9,11H2. The molecule has 112 valence electrons. The van der Waals surface area contributed by atoms with Gasteiger partial charge < -0.3 is 9.88 Å². The summed E-state index contributed by atoms with van der Waals surface area (Å²) in [7, 11) is 0. The number of carbonyl (C=O) groups is 1. The van der Waals surface area contributed by atoms with Crippen LogP contribution in [0.5, 0.6) is 0 Å². The number of benzene rings is 1. The summed E-state index contributed by atoms with van der Waals surface area (Å²) in [5.41, 5.74) is 1.64. The number of nitrogens with zero attached hydrogens (tertiary/aromatic N) is 1. The lowest BCUT2D eigenvalue weighted by atomic mass is 10.1. The molecule has 0 fully saturated rings. The van der Waals surface area contributed by atoms with Gasteiger partial charge in [-0.25, -0.2) is 0 Å². The topological polar surface area (TPSA) is 36.1 Å². The van der Waals surface area contributed by atoms with Crippen LogP contribution in [-0.2, 0) is 6.54 Å². The summed E-state index contributed by atoms with van der Waals surface area (Å²) < 4.78 is 0.730. The van der Waals surface area contributed by atoms with Crippen molar-refractivity contribution in [3.63, 3.8) is 0 Å². The monoisotopic (exact) mass is 330 g/mol. The molecular formula is C17H15ClN2OS. The highest BCUT2D eigenvalue weighted by Gasteiger charge is 2.19. The summed E-state index contributed by atoms with van der Waals surface area (Å²) in [5.74, 6) is -0.0122. The molecule has 3 rings (SSSR count). The van der Waals surface area contributed by atoms with Crippen molar-refractivity contribution in [1.82, 2.24) is 9.88 Å². The molecule has 0 radical (unpaired) electrons. The van der Waals surface area contributed by atoms with E-state index in [2.05, 4.69) is 11.6 Å². The van der Waals surface area contributed by atoms with Crippen LogP contribution >= 0.6 is 22.9 Å². The van der Waals surface area contributed by atoms with Crippen molar-refractivity contribution in [1.29, 1.82) is 0 Å². The van der Waals surface area contributed by atoms with E-state index in [4.69, 9.17) is 11.6 Å². The van der Waals surface area contributed by atoms with Crippen LogP contribution in [0.25, 0.3) is 10.9 Å². The smallest absolute Gasteiger partial charge is 0.256 e. The Bertz CT molecular complexity index is 821. The molecule has 2 aromatic heterocycles. The van der Waals surface area contributed by atoms with E-state index in [0.29, 0.717) is 18.7 Å². The van der Waals surface area contributed by atoms with Crippen LogP contribution in [0.3, 0.4) is 0 Å². The van der Waals surface area contributed by atoms with Crippen molar-refractivity contribution in [2.75, 3.05) is 6.54 Å². The third kappa shape index (κ3) is 2.93. The number of rotatable bonds is 5. The van der Waals surface area contributed by atoms with Gasteiger partial charge in [0.05, 0.1) is 16.4 Å². The van der Waals surface area contributed by atoms with E-state index >= 15 is 0 Å². The molecule has 3 aromatic rings. The van der Waals surface area contributed by atoms with Crippen LogP contribution in [0.1, 0.15) is 15.2 Å². The van der Waals surface area contributed by atoms with E-state index in [1.807, 2.05) is 36.4 Å². The quantitative estimate of drug-likeness (QED) is 0.676. The minimum Gasteiger partial charge on any atom is -0.360 e. The van der Waals surface area contributed by atoms with Gasteiger partial charge in [0.15, 0.2) is 0 Å². The zero-order chi connectivity index (χ0) is 15.5. The molecule has 1 amide bonds. The predicted octanol–water partition coefficient (Wildman–Crippen LogP) is 4.71. The molecule has 3 nitrogen and oxygen atoms in total. The number of hydrogen-bond acceptors (Lipinski definition) is 2. The summed E-state index contributed by atoms with van der Waals surface area (Å²) in [6.07, 6.45) is 3.51. The van der Waals surface area contributed by atoms with Crippen molar-refractivity contribution in [2.24, 2.45) is 0 Å². The van der Waals surface area contributed by atoms with Crippen molar-refractivity contribution >= 4 is 39.7 Å². The number of amides is 1. The van der Waals surface area contributed by atoms with Gasteiger partial charge in [0.25, 0.3) is 5.91 Å². The molecule has 0 saturated carbocycles. The summed E-state index contributed by atoms with van der Waals surface area (Å²) in [4.78, 5) is 18.8. The Balaban J connectivity index is 1.90. The second-order valence-electron chi connectivity index (χ2n) is 4.93. The number of hydrogen-bond donors (Lipinski definition) is 1. The molecule has 5 heteroatoms. The number of aromatic nitrogens is 1. The van der Waals surface area contributed by atoms with Crippen LogP contribution < -0.4 is 0 Å². The molecule has 0 aliphatic carbocycles. The molecule has 22 heavy (non-hydrogen) atoms. The van der Waals surface area contributed by atoms with Gasteiger partial charge >= 0.3 is 0 Å². The Morgan fingerprint density at radius 3 is 2.86 bits per heavy atom. The summed E-state index contributed by atoms with van der Waals surface area (Å²) >= 11 is 7.46. The second kappa shape index (κ2) is 6.38. The highest BCUT2D eigenvalue weighted by atomic mass is 35.5. The third-order valence-electron chi connectivity index (χ3n) is 3.43. The van der Waals surface area contributed by atoms with E-state index in [1.165, 1.54) is 11.3 Å². The maximum atomic E-state index is 12.9. The van der Waals surface area contributed by atoms with Gasteiger partial charge in [-0.15, -0.1) is 17.9 Å². The number of H-pyrrole nitrogens is 1. The Morgan fingerprint density at radius 2 is 2.14 bits per heavy atom. The fourth-order valence-electron chi connectivity index (χ4n) is 2.42. The number of para-hydroxylation sites is 1. The molecule has 0 unspecified atom stereocenters. The van der Waals surface area contributed by atoms with E-state index in [1.54, 1.807) is 17.2 Å². The first kappa shape index (κ1) is 14.9. The average Bonchev–Trinajstić information content (AvgIpc) is 3.12. The largest absolute Gasteiger partial charge is 0.360 e. The fraction of sp³-hybridized carbons (Fsp3) is 0.118. The van der Waals surface area contributed by atoms with E-state index < -0.39 is 0 Å². The maximum absolute atomic E-state index is 12.9. The number of carbonyl (C=O) groups excluding carboxylic acids is 1. The zero-order valence-corrected chi connectivity index (χ0v) is 13.5. The van der Waals surface area contributed by atoms with Crippen molar-refractivity contribution in [3.8, 4) is 0 Å². The average molecular weight is 331 g/mol. The minimum atomic E-state index is -0.0122. The van der Waals surface area contributed by atoms with E-state index in [0.717, 1.165) is 20.1 Å². The molecule has 0 atom stereocenters. The number of thiophene rings is 1. The molecular weight excluding hydrogens is 316 g/mol. The molecule has 0 aliphatic heterocycles. The molecule has 0 bridgehead atoms. The van der Waals surface area contributed by atoms with Crippen molar-refractivity contribution < 1.29 is 4.79 Å². The number of aromatic amines is 1. The Morgan fingerprint density at radius 1 is 1.32 bits per heavy atom. The Kier molecular flexibility index (Phi) is 4.32. The highest BCUT2D eigenvalue weighted by Crippen LogP contribution is 2.25. The van der Waals surface area contributed by atoms with Gasteiger partial charge in [0, 0.05) is 28.5 Å². The lowest BCUT2D eigenvalue weighted by Gasteiger charge is -2.20. The number of fused-ring (bicyclic) bond motifs is 1. The van der Waals surface area contributed by atoms with Gasteiger partial charge in [0.1, 0.15) is 0 Å². The van der Waals surface area contributed by atoms with Crippen molar-refractivity contribution in [3.05, 3.63) is 70.0 Å². The van der Waals surface area contributed by atoms with Crippen LogP contribution in [0, 0.1) is 0 Å². The van der Waals surface area contributed by atoms with Gasteiger partial charge in [-0.2, -0.15) is 0 Å². The van der Waals surface area contributed by atoms with Gasteiger partial charge in [-0.05, 0) is 18.2 Å². The minimum absolute atomic E-state index is 0.0122. The molecule has 2 heterocycles. The SMILES string of the molecule is C=CCN(Cc1ccc(Cl)s1)C(=O)c1c[nH]c2ccccc12. The van der Waals surface area contributed by atoms with Gasteiger partial charge in [-0.1, -0.05) is 35.9 Å². The second-order valence-corrected chi connectivity index (χ2v) is 6.73. The Labute approximate surface area is 137 Å². The lowest BCUT2D eigenvalue weighted by Crippen LogP contribution is -2.30. The molecule has 1 aromatic carbocycles. The molecule has 0 aliphatic rings. The first-order valence-electron chi connectivity index (χ1n) is 6.89. The van der Waals surface area contributed by atoms with Crippen LogP contribution in [0.2, 0.25) is 4.34 Å². The molecule has 0 saturated heterocycles. The van der Waals surface area contributed by atoms with Crippen molar-refractivity contribution in [2.45, 2.75) is 6.54 Å². The van der Waals surface area contributed by atoms with Gasteiger partial charge in [-0.3, -0.25) is 4.79 Å². The first-order chi connectivity index (χ1) is 10.7. The highest BCUT2D eigenvalue weighted by molar-refractivity contribution is 7.16. The van der Waals surface area contributed by atoms with E-state index in [9.17, 15) is 4.79 Å². The normalized spacial score (nSPS) is 10.8. The Hall–Kier alpha value is -2.04. The summed E-state index contributed by atoms with van der Waals surface area (Å²) in [6, 6.07) is 11.6. The maximum Gasteiger partial charge on any atom is 0.256 e. The number of halogens is 1. The number of nitrogens with one attached hydrogen (secondary N) is 1. The first-order valence-corrected chi connectivity index (χ1v) is 8.09. The van der Waals surface area contributed by atoms with Crippen LogP contribution in [-0.4, -0.2) is 22.3 Å².